The van der Waals surface area contributed by atoms with Crippen molar-refractivity contribution in [3.63, 3.8) is 0 Å². The highest BCUT2D eigenvalue weighted by Crippen LogP contribution is 2.09. The molecular weight excluding hydrogens is 198 g/mol. The first-order valence-electron chi connectivity index (χ1n) is 5.00. The summed E-state index contributed by atoms with van der Waals surface area (Å²) in [7, 11) is 0. The number of aldehydes is 1. The Kier molecular flexibility index (Phi) is 5.93. The Balaban J connectivity index is 3.74. The van der Waals surface area contributed by atoms with Crippen LogP contribution in [-0.4, -0.2) is 34.8 Å². The van der Waals surface area contributed by atoms with Crippen LogP contribution in [0.3, 0.4) is 0 Å². The summed E-state index contributed by atoms with van der Waals surface area (Å²) < 4.78 is 4.92. The fourth-order valence-corrected chi connectivity index (χ4v) is 0.895. The van der Waals surface area contributed by atoms with Gasteiger partial charge in [0, 0.05) is 6.42 Å². The highest BCUT2D eigenvalue weighted by molar-refractivity contribution is 5.66. The molecule has 0 spiro atoms. The minimum absolute atomic E-state index is 0.183. The largest absolute Gasteiger partial charge is 0.442 e. The van der Waals surface area contributed by atoms with E-state index in [1.165, 1.54) is 0 Å². The molecule has 0 atom stereocenters. The number of hydroxylamine groups is 2. The molecule has 88 valence electrons. The van der Waals surface area contributed by atoms with E-state index in [-0.39, 0.29) is 6.54 Å². The first kappa shape index (κ1) is 13.9. The van der Waals surface area contributed by atoms with Crippen LogP contribution in [0, 0.1) is 0 Å². The van der Waals surface area contributed by atoms with Crippen molar-refractivity contribution < 1.29 is 19.5 Å². The second kappa shape index (κ2) is 6.40. The summed E-state index contributed by atoms with van der Waals surface area (Å²) in [5, 5.41) is 9.79. The van der Waals surface area contributed by atoms with Crippen LogP contribution < -0.4 is 0 Å². The van der Waals surface area contributed by atoms with Crippen molar-refractivity contribution in [3.05, 3.63) is 0 Å². The lowest BCUT2D eigenvalue weighted by molar-refractivity contribution is -0.108. The van der Waals surface area contributed by atoms with Crippen molar-refractivity contribution in [2.75, 3.05) is 6.54 Å². The highest BCUT2D eigenvalue weighted by Gasteiger charge is 2.20. The van der Waals surface area contributed by atoms with Crippen LogP contribution in [0.2, 0.25) is 0 Å². The molecule has 0 bridgehead atoms. The van der Waals surface area contributed by atoms with E-state index >= 15 is 0 Å². The number of amides is 1. The van der Waals surface area contributed by atoms with E-state index in [1.807, 2.05) is 0 Å². The fraction of sp³-hybridized carbons (Fsp3) is 0.800. The lowest BCUT2D eigenvalue weighted by Crippen LogP contribution is -2.35. The standard InChI is InChI=1S/C10H19NO4/c1-10(2,3)15-9(13)11(14)7-5-4-6-8-12/h8,14H,4-7H2,1-3H3. The first-order chi connectivity index (χ1) is 6.87. The molecule has 1 N–H and O–H groups in total. The summed E-state index contributed by atoms with van der Waals surface area (Å²) in [6.45, 7) is 5.37. The van der Waals surface area contributed by atoms with Crippen molar-refractivity contribution in [1.82, 2.24) is 5.06 Å². The van der Waals surface area contributed by atoms with E-state index in [9.17, 15) is 14.8 Å². The number of ether oxygens (including phenoxy) is 1. The number of hydrogen-bond donors (Lipinski definition) is 1. The Morgan fingerprint density at radius 3 is 2.47 bits per heavy atom. The molecule has 0 unspecified atom stereocenters. The van der Waals surface area contributed by atoms with E-state index in [0.717, 1.165) is 6.29 Å². The van der Waals surface area contributed by atoms with Crippen LogP contribution in [-0.2, 0) is 9.53 Å². The predicted octanol–water partition coefficient (Wildman–Crippen LogP) is 1.98. The monoisotopic (exact) mass is 217 g/mol. The molecule has 0 radical (unpaired) electrons. The molecule has 0 heterocycles. The van der Waals surface area contributed by atoms with Crippen molar-refractivity contribution in [3.8, 4) is 0 Å². The topological polar surface area (TPSA) is 66.8 Å². The lowest BCUT2D eigenvalue weighted by atomic mass is 10.2. The molecular formula is C10H19NO4. The van der Waals surface area contributed by atoms with Gasteiger partial charge in [0.25, 0.3) is 0 Å². The molecule has 0 saturated heterocycles. The molecule has 0 aliphatic rings. The SMILES string of the molecule is CC(C)(C)OC(=O)N(O)CCCCC=O. The van der Waals surface area contributed by atoms with Gasteiger partial charge >= 0.3 is 6.09 Å². The minimum Gasteiger partial charge on any atom is -0.442 e. The van der Waals surface area contributed by atoms with Gasteiger partial charge in [-0.15, -0.1) is 0 Å². The number of nitrogens with zero attached hydrogens (tertiary/aromatic N) is 1. The summed E-state index contributed by atoms with van der Waals surface area (Å²) in [6.07, 6.45) is 1.74. The van der Waals surface area contributed by atoms with Gasteiger partial charge in [-0.3, -0.25) is 5.21 Å². The van der Waals surface area contributed by atoms with Crippen LogP contribution in [0.1, 0.15) is 40.0 Å². The molecule has 0 aromatic rings. The van der Waals surface area contributed by atoms with E-state index in [4.69, 9.17) is 4.74 Å². The summed E-state index contributed by atoms with van der Waals surface area (Å²) in [6, 6.07) is 0. The van der Waals surface area contributed by atoms with Crippen molar-refractivity contribution >= 4 is 12.4 Å². The molecule has 15 heavy (non-hydrogen) atoms. The van der Waals surface area contributed by atoms with E-state index in [1.54, 1.807) is 20.8 Å². The molecule has 0 aromatic heterocycles. The highest BCUT2D eigenvalue weighted by atomic mass is 16.6. The Morgan fingerprint density at radius 2 is 2.00 bits per heavy atom. The molecule has 0 aliphatic heterocycles. The zero-order valence-electron chi connectivity index (χ0n) is 9.52. The maximum Gasteiger partial charge on any atom is 0.434 e. The Labute approximate surface area is 90.0 Å². The molecule has 0 fully saturated rings. The Morgan fingerprint density at radius 1 is 1.40 bits per heavy atom. The smallest absolute Gasteiger partial charge is 0.434 e. The first-order valence-corrected chi connectivity index (χ1v) is 5.00. The van der Waals surface area contributed by atoms with Crippen molar-refractivity contribution in [1.29, 1.82) is 0 Å². The zero-order valence-corrected chi connectivity index (χ0v) is 9.52. The molecule has 1 amide bonds. The number of hydrogen-bond acceptors (Lipinski definition) is 4. The minimum atomic E-state index is -0.756. The number of carbonyl (C=O) groups is 2. The molecule has 0 aliphatic carbocycles. The van der Waals surface area contributed by atoms with Gasteiger partial charge in [-0.1, -0.05) is 0 Å². The van der Waals surface area contributed by atoms with Gasteiger partial charge in [-0.05, 0) is 33.6 Å². The van der Waals surface area contributed by atoms with E-state index in [0.29, 0.717) is 24.3 Å². The lowest BCUT2D eigenvalue weighted by Gasteiger charge is -2.23. The molecule has 0 aromatic carbocycles. The molecule has 5 nitrogen and oxygen atoms in total. The van der Waals surface area contributed by atoms with Gasteiger partial charge in [0.15, 0.2) is 0 Å². The zero-order chi connectivity index (χ0) is 11.9. The predicted molar refractivity (Wildman–Crippen MR) is 54.6 cm³/mol. The second-order valence-electron chi connectivity index (χ2n) is 4.27. The maximum absolute atomic E-state index is 11.2. The van der Waals surface area contributed by atoms with Crippen LogP contribution in [0.15, 0.2) is 0 Å². The number of rotatable bonds is 5. The Hall–Kier alpha value is -1.10. The van der Waals surface area contributed by atoms with Crippen molar-refractivity contribution in [2.24, 2.45) is 0 Å². The normalized spacial score (nSPS) is 10.9. The molecule has 0 saturated carbocycles. The third-order valence-electron chi connectivity index (χ3n) is 1.55. The Bertz CT molecular complexity index is 210. The third kappa shape index (κ3) is 7.93. The van der Waals surface area contributed by atoms with Gasteiger partial charge in [0.2, 0.25) is 0 Å². The van der Waals surface area contributed by atoms with Gasteiger partial charge in [-0.25, -0.2) is 4.79 Å². The van der Waals surface area contributed by atoms with E-state index in [2.05, 4.69) is 0 Å². The summed E-state index contributed by atoms with van der Waals surface area (Å²) in [4.78, 5) is 21.2. The average Bonchev–Trinajstić information content (AvgIpc) is 2.09. The summed E-state index contributed by atoms with van der Waals surface area (Å²) in [5.41, 5.74) is -0.610. The van der Waals surface area contributed by atoms with Crippen LogP contribution in [0.4, 0.5) is 4.79 Å². The van der Waals surface area contributed by atoms with Gasteiger partial charge in [-0.2, -0.15) is 5.06 Å². The summed E-state index contributed by atoms with van der Waals surface area (Å²) in [5.74, 6) is 0. The maximum atomic E-state index is 11.2. The average molecular weight is 217 g/mol. The van der Waals surface area contributed by atoms with Gasteiger partial charge in [0.1, 0.15) is 11.9 Å². The second-order valence-corrected chi connectivity index (χ2v) is 4.27. The summed E-state index contributed by atoms with van der Waals surface area (Å²) >= 11 is 0. The molecule has 0 rings (SSSR count). The van der Waals surface area contributed by atoms with Gasteiger partial charge < -0.3 is 9.53 Å². The number of unbranched alkanes of at least 4 members (excludes halogenated alkanes) is 2. The molecule has 5 heteroatoms. The fourth-order valence-electron chi connectivity index (χ4n) is 0.895. The van der Waals surface area contributed by atoms with Crippen LogP contribution >= 0.6 is 0 Å². The van der Waals surface area contributed by atoms with E-state index < -0.39 is 11.7 Å². The third-order valence-corrected chi connectivity index (χ3v) is 1.55. The van der Waals surface area contributed by atoms with Crippen LogP contribution in [0.25, 0.3) is 0 Å². The number of carbonyl (C=O) groups excluding carboxylic acids is 2. The quantitative estimate of drug-likeness (QED) is 0.331. The van der Waals surface area contributed by atoms with Crippen LogP contribution in [0.5, 0.6) is 0 Å². The van der Waals surface area contributed by atoms with Crippen molar-refractivity contribution in [2.45, 2.75) is 45.6 Å². The van der Waals surface area contributed by atoms with Gasteiger partial charge in [0.05, 0.1) is 6.54 Å².